The van der Waals surface area contributed by atoms with Crippen LogP contribution in [0.25, 0.3) is 10.9 Å². The number of anilines is 2. The molecule has 2 aromatic heterocycles. The van der Waals surface area contributed by atoms with Crippen LogP contribution in [-0.4, -0.2) is 57.8 Å². The molecule has 4 heterocycles. The molecule has 6 nitrogen and oxygen atoms in total. The Hall–Kier alpha value is -1.58. The first kappa shape index (κ1) is 21.3. The van der Waals surface area contributed by atoms with Crippen molar-refractivity contribution in [1.82, 2.24) is 19.2 Å². The van der Waals surface area contributed by atoms with Crippen molar-refractivity contribution in [3.8, 4) is 0 Å². The van der Waals surface area contributed by atoms with Crippen molar-refractivity contribution in [2.45, 2.75) is 37.9 Å². The van der Waals surface area contributed by atoms with Gasteiger partial charge in [0.1, 0.15) is 11.2 Å². The molecule has 3 aromatic rings. The Morgan fingerprint density at radius 1 is 1.29 bits per heavy atom. The number of hydrogen-bond donors (Lipinski definition) is 1. The maximum Gasteiger partial charge on any atom is 0.228 e. The highest BCUT2D eigenvalue weighted by molar-refractivity contribution is 7.11. The number of benzene rings is 1. The average molecular weight is 482 g/mol. The van der Waals surface area contributed by atoms with Gasteiger partial charge in [0.15, 0.2) is 0 Å². The van der Waals surface area contributed by atoms with E-state index in [9.17, 15) is 0 Å². The van der Waals surface area contributed by atoms with Crippen LogP contribution in [0.4, 0.5) is 15.3 Å². The van der Waals surface area contributed by atoms with Gasteiger partial charge >= 0.3 is 0 Å². The largest absolute Gasteiger partial charge is 0.380 e. The second-order valence-corrected chi connectivity index (χ2v) is 9.64. The number of rotatable bonds is 4. The second-order valence-electron chi connectivity index (χ2n) is 8.09. The molecule has 0 unspecified atom stereocenters. The first-order valence-corrected chi connectivity index (χ1v) is 11.8. The van der Waals surface area contributed by atoms with Crippen molar-refractivity contribution >= 4 is 56.6 Å². The molecule has 164 valence electrons. The van der Waals surface area contributed by atoms with Gasteiger partial charge in [-0.2, -0.15) is 4.37 Å². The zero-order valence-electron chi connectivity index (χ0n) is 16.9. The summed E-state index contributed by atoms with van der Waals surface area (Å²) in [6.45, 7) is 4.56. The molecule has 0 bridgehead atoms. The van der Waals surface area contributed by atoms with Crippen molar-refractivity contribution < 1.29 is 9.13 Å². The van der Waals surface area contributed by atoms with Crippen molar-refractivity contribution in [1.29, 1.82) is 0 Å². The highest BCUT2D eigenvalue weighted by Crippen LogP contribution is 2.38. The van der Waals surface area contributed by atoms with E-state index in [1.54, 1.807) is 6.20 Å². The van der Waals surface area contributed by atoms with Gasteiger partial charge in [-0.25, -0.2) is 14.4 Å². The minimum absolute atomic E-state index is 0.250. The quantitative estimate of drug-likeness (QED) is 0.540. The summed E-state index contributed by atoms with van der Waals surface area (Å²) < 4.78 is 24.9. The van der Waals surface area contributed by atoms with Crippen LogP contribution in [0, 0.1) is 6.92 Å². The number of likely N-dealkylation sites (tertiary alicyclic amines) is 1. The number of aromatic nitrogens is 3. The number of hydrogen-bond acceptors (Lipinski definition) is 7. The lowest BCUT2D eigenvalue weighted by atomic mass is 9.86. The first-order valence-electron chi connectivity index (χ1n) is 10.3. The van der Waals surface area contributed by atoms with Gasteiger partial charge in [-0.15, -0.1) is 0 Å². The van der Waals surface area contributed by atoms with Crippen molar-refractivity contribution in [3.05, 3.63) is 39.6 Å². The number of aryl methyl sites for hydroxylation is 1. The number of nitrogens with one attached hydrogen (secondary N) is 1. The Bertz CT molecular complexity index is 1110. The van der Waals surface area contributed by atoms with E-state index < -0.39 is 6.17 Å². The predicted octanol–water partition coefficient (Wildman–Crippen LogP) is 5.36. The molecule has 10 heteroatoms. The van der Waals surface area contributed by atoms with Gasteiger partial charge in [-0.05, 0) is 55.5 Å². The molecule has 0 amide bonds. The molecule has 1 aromatic carbocycles. The van der Waals surface area contributed by atoms with Crippen LogP contribution in [0.5, 0.6) is 0 Å². The molecule has 5 rings (SSSR count). The molecule has 31 heavy (non-hydrogen) atoms. The fraction of sp³-hybridized carbons (Fsp3) is 0.476. The molecule has 2 fully saturated rings. The lowest BCUT2D eigenvalue weighted by Gasteiger charge is -2.38. The number of fused-ring (bicyclic) bond motifs is 1. The monoisotopic (exact) mass is 481 g/mol. The Labute approximate surface area is 193 Å². The minimum Gasteiger partial charge on any atom is -0.380 e. The van der Waals surface area contributed by atoms with E-state index in [1.165, 1.54) is 11.5 Å². The Morgan fingerprint density at radius 2 is 2.16 bits per heavy atom. The van der Waals surface area contributed by atoms with Crippen LogP contribution in [-0.2, 0) is 4.74 Å². The molecule has 1 N–H and O–H groups in total. The van der Waals surface area contributed by atoms with E-state index in [1.807, 2.05) is 19.1 Å². The lowest BCUT2D eigenvalue weighted by molar-refractivity contribution is 0.0729. The van der Waals surface area contributed by atoms with Crippen molar-refractivity contribution in [2.75, 3.05) is 31.6 Å². The molecule has 2 saturated heterocycles. The Balaban J connectivity index is 1.39. The molecular formula is C21H22Cl2FN5OS. The van der Waals surface area contributed by atoms with E-state index in [0.29, 0.717) is 45.7 Å². The Kier molecular flexibility index (Phi) is 6.00. The third-order valence-electron chi connectivity index (χ3n) is 6.11. The summed E-state index contributed by atoms with van der Waals surface area (Å²) in [5.74, 6) is 0.166. The molecule has 0 saturated carbocycles. The van der Waals surface area contributed by atoms with Crippen LogP contribution in [0.2, 0.25) is 10.0 Å². The summed E-state index contributed by atoms with van der Waals surface area (Å²) in [5.41, 5.74) is 2.28. The summed E-state index contributed by atoms with van der Waals surface area (Å²) >= 11 is 14.1. The van der Waals surface area contributed by atoms with E-state index in [4.69, 9.17) is 27.9 Å². The average Bonchev–Trinajstić information content (AvgIpc) is 3.40. The fourth-order valence-electron chi connectivity index (χ4n) is 4.37. The summed E-state index contributed by atoms with van der Waals surface area (Å²) in [5, 5.41) is 5.74. The maximum atomic E-state index is 15.2. The number of halogens is 3. The predicted molar refractivity (Wildman–Crippen MR) is 123 cm³/mol. The van der Waals surface area contributed by atoms with E-state index in [0.717, 1.165) is 42.6 Å². The topological polar surface area (TPSA) is 63.2 Å². The third-order valence-corrected chi connectivity index (χ3v) is 7.86. The van der Waals surface area contributed by atoms with Gasteiger partial charge in [0.05, 0.1) is 22.8 Å². The lowest BCUT2D eigenvalue weighted by Crippen LogP contribution is -2.46. The van der Waals surface area contributed by atoms with E-state index in [-0.39, 0.29) is 5.92 Å². The van der Waals surface area contributed by atoms with Crippen LogP contribution in [0.15, 0.2) is 18.3 Å². The molecule has 2 aliphatic heterocycles. The minimum atomic E-state index is -0.984. The molecule has 0 aliphatic carbocycles. The first-order chi connectivity index (χ1) is 15.0. The summed E-state index contributed by atoms with van der Waals surface area (Å²) in [7, 11) is 0. The maximum absolute atomic E-state index is 15.2. The normalized spacial score (nSPS) is 24.7. The summed E-state index contributed by atoms with van der Waals surface area (Å²) in [6.07, 6.45) is 2.42. The SMILES string of the molecule is Cc1nsc(Nc2ncc3cc(Cl)c([C@H]4CCN([C@@H]5CCOC5)C[C@@H]4F)cc3n2)c1Cl. The smallest absolute Gasteiger partial charge is 0.228 e. The zero-order chi connectivity index (χ0) is 21.5. The van der Waals surface area contributed by atoms with Crippen LogP contribution >= 0.6 is 34.7 Å². The number of ether oxygens (including phenoxy) is 1. The molecule has 3 atom stereocenters. The van der Waals surface area contributed by atoms with Crippen LogP contribution in [0.1, 0.15) is 30.0 Å². The van der Waals surface area contributed by atoms with Gasteiger partial charge in [-0.1, -0.05) is 23.2 Å². The molecule has 2 aliphatic rings. The van der Waals surface area contributed by atoms with E-state index >= 15 is 4.39 Å². The van der Waals surface area contributed by atoms with Crippen LogP contribution in [0.3, 0.4) is 0 Å². The fourth-order valence-corrected chi connectivity index (χ4v) is 5.61. The number of piperidine rings is 1. The molecule has 0 spiro atoms. The van der Waals surface area contributed by atoms with Gasteiger partial charge in [-0.3, -0.25) is 4.90 Å². The van der Waals surface area contributed by atoms with Gasteiger partial charge in [0, 0.05) is 41.7 Å². The molecule has 0 radical (unpaired) electrons. The zero-order valence-corrected chi connectivity index (χ0v) is 19.3. The van der Waals surface area contributed by atoms with Gasteiger partial charge in [0.2, 0.25) is 5.95 Å². The second kappa shape index (κ2) is 8.75. The van der Waals surface area contributed by atoms with Gasteiger partial charge < -0.3 is 10.1 Å². The Morgan fingerprint density at radius 3 is 2.87 bits per heavy atom. The third kappa shape index (κ3) is 4.24. The highest BCUT2D eigenvalue weighted by Gasteiger charge is 2.35. The summed E-state index contributed by atoms with van der Waals surface area (Å²) in [4.78, 5) is 11.2. The standard InChI is InChI=1S/C21H22Cl2FN5OS/c1-11-19(23)20(31-28-11)27-21-25-8-12-6-16(22)15(7-18(12)26-21)14-2-4-29(9-17(14)24)13-3-5-30-10-13/h6-8,13-14,17H,2-5,9-10H2,1H3,(H,25,26,27)/t13-,14-,17+/m1/s1. The highest BCUT2D eigenvalue weighted by atomic mass is 35.5. The van der Waals surface area contributed by atoms with Crippen LogP contribution < -0.4 is 5.32 Å². The number of alkyl halides is 1. The van der Waals surface area contributed by atoms with E-state index in [2.05, 4.69) is 24.6 Å². The van der Waals surface area contributed by atoms with Crippen molar-refractivity contribution in [3.63, 3.8) is 0 Å². The molecular weight excluding hydrogens is 460 g/mol. The number of nitrogens with zero attached hydrogens (tertiary/aromatic N) is 4. The summed E-state index contributed by atoms with van der Waals surface area (Å²) in [6, 6.07) is 4.05. The van der Waals surface area contributed by atoms with Crippen molar-refractivity contribution in [2.24, 2.45) is 0 Å². The van der Waals surface area contributed by atoms with Gasteiger partial charge in [0.25, 0.3) is 0 Å².